The fraction of sp³-hybridized carbons (Fsp3) is 0.889. The van der Waals surface area contributed by atoms with Crippen LogP contribution in [0.1, 0.15) is 40.0 Å². The van der Waals surface area contributed by atoms with Crippen LogP contribution in [-0.2, 0) is 19.0 Å². The highest BCUT2D eigenvalue weighted by Crippen LogP contribution is 2.24. The number of aliphatic hydroxyl groups excluding tert-OH is 1. The van der Waals surface area contributed by atoms with Gasteiger partial charge >= 0.3 is 12.1 Å². The van der Waals surface area contributed by atoms with Crippen molar-refractivity contribution in [1.82, 2.24) is 9.80 Å². The molecule has 8 nitrogen and oxygen atoms in total. The maximum Gasteiger partial charge on any atom is 0.411 e. The Kier molecular flexibility index (Phi) is 7.25. The Morgan fingerprint density at radius 3 is 2.46 bits per heavy atom. The third-order valence-electron chi connectivity index (χ3n) is 4.56. The quantitative estimate of drug-likeness (QED) is 0.696. The predicted octanol–water partition coefficient (Wildman–Crippen LogP) is 1.01. The molecule has 2 rings (SSSR count). The number of carbonyl (C=O) groups is 2. The van der Waals surface area contributed by atoms with E-state index in [1.807, 2.05) is 0 Å². The summed E-state index contributed by atoms with van der Waals surface area (Å²) in [6.45, 7) is 8.35. The van der Waals surface area contributed by atoms with Gasteiger partial charge in [0.15, 0.2) is 0 Å². The topological polar surface area (TPSA) is 88.5 Å². The number of methoxy groups -OCH3 is 1. The third-order valence-corrected chi connectivity index (χ3v) is 4.56. The van der Waals surface area contributed by atoms with Crippen molar-refractivity contribution < 1.29 is 28.9 Å². The van der Waals surface area contributed by atoms with Gasteiger partial charge in [-0.3, -0.25) is 4.90 Å². The number of nitrogens with zero attached hydrogens (tertiary/aromatic N) is 2. The van der Waals surface area contributed by atoms with E-state index in [1.165, 1.54) is 24.9 Å². The molecule has 26 heavy (non-hydrogen) atoms. The van der Waals surface area contributed by atoms with E-state index in [0.29, 0.717) is 13.0 Å². The first kappa shape index (κ1) is 20.9. The molecule has 150 valence electrons. The van der Waals surface area contributed by atoms with Crippen LogP contribution in [0.15, 0.2) is 0 Å². The minimum Gasteiger partial charge on any atom is -0.467 e. The number of rotatable bonds is 6. The van der Waals surface area contributed by atoms with Crippen molar-refractivity contribution in [2.24, 2.45) is 0 Å². The molecular weight excluding hydrogens is 340 g/mol. The van der Waals surface area contributed by atoms with Crippen LogP contribution in [0.4, 0.5) is 4.79 Å². The summed E-state index contributed by atoms with van der Waals surface area (Å²) in [6.07, 6.45) is 1.20. The van der Waals surface area contributed by atoms with E-state index >= 15 is 0 Å². The van der Waals surface area contributed by atoms with Crippen molar-refractivity contribution in [3.63, 3.8) is 0 Å². The van der Waals surface area contributed by atoms with E-state index in [0.717, 1.165) is 13.1 Å². The van der Waals surface area contributed by atoms with Crippen LogP contribution in [0.25, 0.3) is 0 Å². The summed E-state index contributed by atoms with van der Waals surface area (Å²) in [5, 5.41) is 10.2. The van der Waals surface area contributed by atoms with Gasteiger partial charge in [0.25, 0.3) is 0 Å². The van der Waals surface area contributed by atoms with E-state index in [-0.39, 0.29) is 19.3 Å². The van der Waals surface area contributed by atoms with Gasteiger partial charge in [-0.05, 0) is 46.7 Å². The molecule has 0 aliphatic carbocycles. The Morgan fingerprint density at radius 2 is 1.88 bits per heavy atom. The fourth-order valence-electron chi connectivity index (χ4n) is 3.36. The first-order valence-corrected chi connectivity index (χ1v) is 9.29. The maximum absolute atomic E-state index is 12.4. The van der Waals surface area contributed by atoms with E-state index < -0.39 is 29.8 Å². The van der Waals surface area contributed by atoms with Gasteiger partial charge in [0, 0.05) is 13.0 Å². The van der Waals surface area contributed by atoms with Crippen molar-refractivity contribution in [1.29, 1.82) is 0 Å². The molecular formula is C18H32N2O6. The number of amides is 1. The lowest BCUT2D eigenvalue weighted by Gasteiger charge is -2.27. The number of β-amino-alcohol motifs (C(OH)–C–C–N with tert-alkyl or cyclic N) is 1. The smallest absolute Gasteiger partial charge is 0.411 e. The van der Waals surface area contributed by atoms with Gasteiger partial charge in [-0.1, -0.05) is 0 Å². The summed E-state index contributed by atoms with van der Waals surface area (Å²) < 4.78 is 16.0. The lowest BCUT2D eigenvalue weighted by molar-refractivity contribution is -0.145. The molecule has 0 radical (unpaired) electrons. The summed E-state index contributed by atoms with van der Waals surface area (Å²) in [5.74, 6) is -0.487. The number of likely N-dealkylation sites (tertiary alicyclic amines) is 2. The normalized spacial score (nSPS) is 25.3. The monoisotopic (exact) mass is 372 g/mol. The number of hydrogen-bond acceptors (Lipinski definition) is 7. The Bertz CT molecular complexity index is 487. The van der Waals surface area contributed by atoms with Crippen molar-refractivity contribution in [3.05, 3.63) is 0 Å². The predicted molar refractivity (Wildman–Crippen MR) is 94.8 cm³/mol. The molecule has 0 aromatic rings. The van der Waals surface area contributed by atoms with Crippen molar-refractivity contribution in [2.45, 2.75) is 63.9 Å². The molecule has 2 aliphatic heterocycles. The number of aliphatic hydroxyl groups is 1. The first-order chi connectivity index (χ1) is 12.2. The van der Waals surface area contributed by atoms with Crippen LogP contribution < -0.4 is 0 Å². The van der Waals surface area contributed by atoms with Crippen LogP contribution in [0, 0.1) is 0 Å². The van der Waals surface area contributed by atoms with Gasteiger partial charge < -0.3 is 24.2 Å². The molecule has 2 aliphatic rings. The van der Waals surface area contributed by atoms with E-state index in [2.05, 4.69) is 4.90 Å². The minimum atomic E-state index is -0.726. The molecule has 0 saturated carbocycles. The molecule has 3 atom stereocenters. The highest BCUT2D eigenvalue weighted by atomic mass is 16.6. The second kappa shape index (κ2) is 9.01. The van der Waals surface area contributed by atoms with E-state index in [1.54, 1.807) is 20.8 Å². The van der Waals surface area contributed by atoms with Gasteiger partial charge in [-0.2, -0.15) is 0 Å². The zero-order valence-corrected chi connectivity index (χ0v) is 16.3. The highest BCUT2D eigenvalue weighted by molar-refractivity contribution is 5.82. The molecule has 1 N–H and O–H groups in total. The Hall–Kier alpha value is -1.38. The van der Waals surface area contributed by atoms with Crippen molar-refractivity contribution in [2.75, 3.05) is 39.9 Å². The molecule has 8 heteroatoms. The van der Waals surface area contributed by atoms with Crippen molar-refractivity contribution in [3.8, 4) is 0 Å². The first-order valence-electron chi connectivity index (χ1n) is 9.29. The lowest BCUT2D eigenvalue weighted by atomic mass is 10.2. The fourth-order valence-corrected chi connectivity index (χ4v) is 3.36. The SMILES string of the molecule is COC(=O)[C@H]1C[C@@H](OCC(O)CN2CCCC2)CN1C(=O)OC(C)(C)C. The minimum absolute atomic E-state index is 0.178. The standard InChI is InChI=1S/C18H32N2O6/c1-18(2,3)26-17(23)20-11-14(9-15(20)16(22)24-4)25-12-13(21)10-19-7-5-6-8-19/h13-15,21H,5-12H2,1-4H3/t13?,14-,15-/m1/s1. The van der Waals surface area contributed by atoms with Gasteiger partial charge in [-0.15, -0.1) is 0 Å². The average molecular weight is 372 g/mol. The van der Waals surface area contributed by atoms with Crippen LogP contribution in [0.3, 0.4) is 0 Å². The van der Waals surface area contributed by atoms with Gasteiger partial charge in [0.2, 0.25) is 0 Å². The number of ether oxygens (including phenoxy) is 3. The number of carbonyl (C=O) groups excluding carboxylic acids is 2. The Morgan fingerprint density at radius 1 is 1.23 bits per heavy atom. The van der Waals surface area contributed by atoms with Crippen LogP contribution in [0.5, 0.6) is 0 Å². The Labute approximate surface area is 155 Å². The number of esters is 1. The summed E-state index contributed by atoms with van der Waals surface area (Å²) in [7, 11) is 1.30. The zero-order chi connectivity index (χ0) is 19.3. The molecule has 0 aromatic heterocycles. The summed E-state index contributed by atoms with van der Waals surface area (Å²) >= 11 is 0. The van der Waals surface area contributed by atoms with E-state index in [9.17, 15) is 14.7 Å². The Balaban J connectivity index is 1.87. The largest absolute Gasteiger partial charge is 0.467 e. The van der Waals surface area contributed by atoms with E-state index in [4.69, 9.17) is 14.2 Å². The molecule has 2 heterocycles. The second-order valence-electron chi connectivity index (χ2n) is 8.02. The lowest BCUT2D eigenvalue weighted by Crippen LogP contribution is -2.44. The summed E-state index contributed by atoms with van der Waals surface area (Å²) in [6, 6.07) is -0.726. The molecule has 2 fully saturated rings. The maximum atomic E-state index is 12.4. The second-order valence-corrected chi connectivity index (χ2v) is 8.02. The van der Waals surface area contributed by atoms with Crippen molar-refractivity contribution >= 4 is 12.1 Å². The van der Waals surface area contributed by atoms with Gasteiger partial charge in [0.1, 0.15) is 11.6 Å². The van der Waals surface area contributed by atoms with Crippen LogP contribution >= 0.6 is 0 Å². The molecule has 2 saturated heterocycles. The molecule has 0 spiro atoms. The summed E-state index contributed by atoms with van der Waals surface area (Å²) in [4.78, 5) is 28.0. The van der Waals surface area contributed by atoms with Crippen LogP contribution in [-0.4, -0.2) is 90.7 Å². The molecule has 1 amide bonds. The summed E-state index contributed by atoms with van der Waals surface area (Å²) in [5.41, 5.74) is -0.650. The zero-order valence-electron chi connectivity index (χ0n) is 16.3. The number of hydrogen-bond donors (Lipinski definition) is 1. The highest BCUT2D eigenvalue weighted by Gasteiger charge is 2.42. The van der Waals surface area contributed by atoms with Gasteiger partial charge in [0.05, 0.1) is 32.5 Å². The van der Waals surface area contributed by atoms with Crippen LogP contribution in [0.2, 0.25) is 0 Å². The third kappa shape index (κ3) is 6.10. The van der Waals surface area contributed by atoms with Gasteiger partial charge in [-0.25, -0.2) is 9.59 Å². The average Bonchev–Trinajstić information content (AvgIpc) is 3.20. The molecule has 0 aromatic carbocycles. The molecule has 0 bridgehead atoms. The molecule has 1 unspecified atom stereocenters.